The number of carbonyl (C=O) groups is 1. The Morgan fingerprint density at radius 1 is 1.25 bits per heavy atom. The summed E-state index contributed by atoms with van der Waals surface area (Å²) < 4.78 is 21.1. The Kier molecular flexibility index (Phi) is 5.76. The standard InChI is InChI=1S/C19H20Cl2FN3O2S/c1-2-27-18(26)13-9-3-5-10(6-4-9)15(13)23-17-14(22)16(24-19(21)25-17)11-7-8-12(20)28-11/h7-10,13,15H,2-6H2,1H3,(H,23,24,25)/t9?,10?,13-,15-/m1/s1. The van der Waals surface area contributed by atoms with Gasteiger partial charge < -0.3 is 10.1 Å². The SMILES string of the molecule is CCOC(=O)[C@@H]1C2CCC(CC2)[C@H]1Nc1nc(Cl)nc(-c2ccc(Cl)s2)c1F. The van der Waals surface area contributed by atoms with E-state index in [9.17, 15) is 4.79 Å². The molecule has 2 heterocycles. The Bertz CT molecular complexity index is 886. The molecule has 0 unspecified atom stereocenters. The highest BCUT2D eigenvalue weighted by Gasteiger charge is 2.48. The van der Waals surface area contributed by atoms with Gasteiger partial charge in [-0.25, -0.2) is 9.37 Å². The number of hydrogen-bond acceptors (Lipinski definition) is 6. The van der Waals surface area contributed by atoms with Gasteiger partial charge in [-0.05, 0) is 68.2 Å². The van der Waals surface area contributed by atoms with Crippen molar-refractivity contribution in [2.45, 2.75) is 38.6 Å². The van der Waals surface area contributed by atoms with Crippen LogP contribution in [0.3, 0.4) is 0 Å². The van der Waals surface area contributed by atoms with Gasteiger partial charge in [-0.15, -0.1) is 11.3 Å². The van der Waals surface area contributed by atoms with Crippen molar-refractivity contribution in [3.05, 3.63) is 27.6 Å². The molecule has 1 N–H and O–H groups in total. The van der Waals surface area contributed by atoms with Crippen LogP contribution in [0.25, 0.3) is 10.6 Å². The van der Waals surface area contributed by atoms with E-state index >= 15 is 4.39 Å². The molecule has 5 nitrogen and oxygen atoms in total. The predicted molar refractivity (Wildman–Crippen MR) is 108 cm³/mol. The maximum Gasteiger partial charge on any atom is 0.311 e. The fourth-order valence-corrected chi connectivity index (χ4v) is 5.71. The lowest BCUT2D eigenvalue weighted by atomic mass is 9.61. The number of nitrogens with zero attached hydrogens (tertiary/aromatic N) is 2. The van der Waals surface area contributed by atoms with Crippen molar-refractivity contribution in [1.29, 1.82) is 0 Å². The third-order valence-electron chi connectivity index (χ3n) is 5.71. The molecule has 3 saturated carbocycles. The third-order valence-corrected chi connectivity index (χ3v) is 7.12. The normalized spacial score (nSPS) is 26.3. The summed E-state index contributed by atoms with van der Waals surface area (Å²) in [5.41, 5.74) is 0.105. The van der Waals surface area contributed by atoms with Crippen LogP contribution in [0, 0.1) is 23.6 Å². The second-order valence-corrected chi connectivity index (χ2v) is 9.28. The molecule has 3 aliphatic rings. The molecule has 3 aliphatic carbocycles. The molecule has 2 aromatic heterocycles. The van der Waals surface area contributed by atoms with Crippen molar-refractivity contribution in [3.63, 3.8) is 0 Å². The zero-order valence-corrected chi connectivity index (χ0v) is 17.6. The minimum absolute atomic E-state index is 0.0198. The van der Waals surface area contributed by atoms with Gasteiger partial charge in [-0.1, -0.05) is 11.6 Å². The third kappa shape index (κ3) is 3.72. The van der Waals surface area contributed by atoms with Crippen LogP contribution >= 0.6 is 34.5 Å². The number of halogens is 3. The molecule has 0 aliphatic heterocycles. The molecule has 2 atom stereocenters. The van der Waals surface area contributed by atoms with Crippen molar-refractivity contribution in [1.82, 2.24) is 9.97 Å². The van der Waals surface area contributed by atoms with E-state index in [4.69, 9.17) is 27.9 Å². The molecule has 3 fully saturated rings. The summed E-state index contributed by atoms with van der Waals surface area (Å²) in [4.78, 5) is 21.3. The lowest BCUT2D eigenvalue weighted by molar-refractivity contribution is -0.154. The van der Waals surface area contributed by atoms with Gasteiger partial charge in [0, 0.05) is 6.04 Å². The number of carbonyl (C=O) groups excluding carboxylic acids is 1. The molecule has 0 radical (unpaired) electrons. The Balaban J connectivity index is 1.67. The molecule has 150 valence electrons. The van der Waals surface area contributed by atoms with E-state index in [2.05, 4.69) is 15.3 Å². The zero-order chi connectivity index (χ0) is 19.8. The molecular weight excluding hydrogens is 424 g/mol. The first-order chi connectivity index (χ1) is 13.5. The molecule has 9 heteroatoms. The number of thiophene rings is 1. The Labute approximate surface area is 176 Å². The monoisotopic (exact) mass is 443 g/mol. The van der Waals surface area contributed by atoms with E-state index < -0.39 is 5.82 Å². The quantitative estimate of drug-likeness (QED) is 0.492. The number of rotatable bonds is 5. The van der Waals surface area contributed by atoms with Gasteiger partial charge >= 0.3 is 5.97 Å². The van der Waals surface area contributed by atoms with Crippen LogP contribution in [0.5, 0.6) is 0 Å². The summed E-state index contributed by atoms with van der Waals surface area (Å²) in [6, 6.07) is 3.15. The average Bonchev–Trinajstić information content (AvgIpc) is 3.11. The van der Waals surface area contributed by atoms with Gasteiger partial charge in [0.25, 0.3) is 0 Å². The second kappa shape index (κ2) is 8.13. The van der Waals surface area contributed by atoms with E-state index in [1.54, 1.807) is 19.1 Å². The molecule has 2 bridgehead atoms. The number of anilines is 1. The summed E-state index contributed by atoms with van der Waals surface area (Å²) in [7, 11) is 0. The van der Waals surface area contributed by atoms with Crippen LogP contribution in [0.2, 0.25) is 9.62 Å². The first-order valence-corrected chi connectivity index (χ1v) is 11.0. The summed E-state index contributed by atoms with van der Waals surface area (Å²) in [5, 5.41) is 3.13. The van der Waals surface area contributed by atoms with Crippen molar-refractivity contribution in [2.24, 2.45) is 17.8 Å². The molecule has 2 aromatic rings. The first-order valence-electron chi connectivity index (χ1n) is 9.39. The number of hydrogen-bond donors (Lipinski definition) is 1. The van der Waals surface area contributed by atoms with Gasteiger partial charge in [0.2, 0.25) is 5.28 Å². The van der Waals surface area contributed by atoms with E-state index in [0.29, 0.717) is 15.8 Å². The van der Waals surface area contributed by atoms with Crippen LogP contribution < -0.4 is 5.32 Å². The number of ether oxygens (including phenoxy) is 1. The topological polar surface area (TPSA) is 64.1 Å². The molecule has 0 spiro atoms. The fraction of sp³-hybridized carbons (Fsp3) is 0.526. The predicted octanol–water partition coefficient (Wildman–Crippen LogP) is 5.43. The summed E-state index contributed by atoms with van der Waals surface area (Å²) >= 11 is 13.3. The number of nitrogens with one attached hydrogen (secondary N) is 1. The van der Waals surface area contributed by atoms with E-state index in [0.717, 1.165) is 25.7 Å². The number of aromatic nitrogens is 2. The minimum atomic E-state index is -0.591. The van der Waals surface area contributed by atoms with Crippen LogP contribution in [-0.2, 0) is 9.53 Å². The lowest BCUT2D eigenvalue weighted by Gasteiger charge is -2.47. The number of esters is 1. The van der Waals surface area contributed by atoms with E-state index in [1.165, 1.54) is 11.3 Å². The summed E-state index contributed by atoms with van der Waals surface area (Å²) in [6.45, 7) is 2.13. The highest BCUT2D eigenvalue weighted by molar-refractivity contribution is 7.19. The average molecular weight is 444 g/mol. The van der Waals surface area contributed by atoms with Crippen molar-refractivity contribution >= 4 is 46.3 Å². The maximum absolute atomic E-state index is 15.2. The van der Waals surface area contributed by atoms with Gasteiger partial charge in [0.05, 0.1) is 21.7 Å². The first kappa shape index (κ1) is 19.9. The highest BCUT2D eigenvalue weighted by atomic mass is 35.5. The molecule has 0 amide bonds. The van der Waals surface area contributed by atoms with Crippen LogP contribution in [0.1, 0.15) is 32.6 Å². The number of fused-ring (bicyclic) bond motifs is 3. The Hall–Kier alpha value is -1.44. The largest absolute Gasteiger partial charge is 0.466 e. The van der Waals surface area contributed by atoms with Gasteiger partial charge in [0.15, 0.2) is 11.6 Å². The van der Waals surface area contributed by atoms with Crippen molar-refractivity contribution in [3.8, 4) is 10.6 Å². The Morgan fingerprint density at radius 2 is 1.96 bits per heavy atom. The smallest absolute Gasteiger partial charge is 0.311 e. The molecular formula is C19H20Cl2FN3O2S. The second-order valence-electron chi connectivity index (χ2n) is 7.23. The van der Waals surface area contributed by atoms with E-state index in [1.807, 2.05) is 0 Å². The van der Waals surface area contributed by atoms with Gasteiger partial charge in [0.1, 0.15) is 5.69 Å². The molecule has 0 aromatic carbocycles. The fourth-order valence-electron chi connectivity index (χ4n) is 4.51. The molecule has 28 heavy (non-hydrogen) atoms. The minimum Gasteiger partial charge on any atom is -0.466 e. The Morgan fingerprint density at radius 3 is 2.61 bits per heavy atom. The van der Waals surface area contributed by atoms with Crippen LogP contribution in [0.4, 0.5) is 10.2 Å². The van der Waals surface area contributed by atoms with Crippen molar-refractivity contribution < 1.29 is 13.9 Å². The van der Waals surface area contributed by atoms with Crippen LogP contribution in [0.15, 0.2) is 12.1 Å². The molecule has 5 rings (SSSR count). The maximum atomic E-state index is 15.2. The van der Waals surface area contributed by atoms with E-state index in [-0.39, 0.29) is 46.6 Å². The molecule has 0 saturated heterocycles. The van der Waals surface area contributed by atoms with Crippen molar-refractivity contribution in [2.75, 3.05) is 11.9 Å². The summed E-state index contributed by atoms with van der Waals surface area (Å²) in [5.74, 6) is -0.580. The van der Waals surface area contributed by atoms with Crippen LogP contribution in [-0.4, -0.2) is 28.6 Å². The highest BCUT2D eigenvalue weighted by Crippen LogP contribution is 2.47. The zero-order valence-electron chi connectivity index (χ0n) is 15.3. The lowest BCUT2D eigenvalue weighted by Crippen LogP contribution is -2.52. The van der Waals surface area contributed by atoms with Gasteiger partial charge in [-0.3, -0.25) is 4.79 Å². The van der Waals surface area contributed by atoms with Gasteiger partial charge in [-0.2, -0.15) is 4.98 Å². The summed E-state index contributed by atoms with van der Waals surface area (Å²) in [6.07, 6.45) is 4.01.